The van der Waals surface area contributed by atoms with Crippen molar-refractivity contribution in [3.05, 3.63) is 35.5 Å². The summed E-state index contributed by atoms with van der Waals surface area (Å²) in [7, 11) is 3.24. The lowest BCUT2D eigenvalue weighted by molar-refractivity contribution is -0.123. The van der Waals surface area contributed by atoms with Crippen LogP contribution in [0.4, 0.5) is 0 Å². The zero-order chi connectivity index (χ0) is 18.6. The minimum Gasteiger partial charge on any atom is -0.497 e. The van der Waals surface area contributed by atoms with E-state index in [1.807, 2.05) is 18.2 Å². The summed E-state index contributed by atoms with van der Waals surface area (Å²) in [6.45, 7) is 1.76. The zero-order valence-corrected chi connectivity index (χ0v) is 15.5. The second kappa shape index (κ2) is 7.76. The molecule has 140 valence electrons. The maximum atomic E-state index is 12.6. The van der Waals surface area contributed by atoms with Gasteiger partial charge in [0.1, 0.15) is 17.0 Å². The highest BCUT2D eigenvalue weighted by Gasteiger charge is 2.41. The third-order valence-electron chi connectivity index (χ3n) is 4.90. The highest BCUT2D eigenvalue weighted by atomic mass is 16.5. The van der Waals surface area contributed by atoms with Gasteiger partial charge in [-0.05, 0) is 43.0 Å². The Kier molecular flexibility index (Phi) is 5.44. The lowest BCUT2D eigenvalue weighted by Gasteiger charge is -2.26. The molecule has 1 aromatic carbocycles. The summed E-state index contributed by atoms with van der Waals surface area (Å²) in [5.41, 5.74) is 0.436. The Hall–Kier alpha value is -2.57. The van der Waals surface area contributed by atoms with Crippen molar-refractivity contribution >= 4 is 5.91 Å². The van der Waals surface area contributed by atoms with Gasteiger partial charge in [-0.3, -0.25) is 4.79 Å². The normalized spacial score (nSPS) is 15.7. The molecule has 26 heavy (non-hydrogen) atoms. The first-order valence-electron chi connectivity index (χ1n) is 8.89. The lowest BCUT2D eigenvalue weighted by atomic mass is 9.96. The molecule has 0 aliphatic heterocycles. The van der Waals surface area contributed by atoms with Gasteiger partial charge in [-0.1, -0.05) is 18.0 Å². The van der Waals surface area contributed by atoms with Gasteiger partial charge in [-0.15, -0.1) is 0 Å². The number of amides is 1. The molecule has 0 radical (unpaired) electrons. The summed E-state index contributed by atoms with van der Waals surface area (Å²) in [6, 6.07) is 5.60. The summed E-state index contributed by atoms with van der Waals surface area (Å²) in [6.07, 6.45) is 4.66. The third kappa shape index (κ3) is 3.81. The maximum Gasteiger partial charge on any atom is 0.223 e. The van der Waals surface area contributed by atoms with Gasteiger partial charge in [-0.25, -0.2) is 0 Å². The molecule has 0 unspecified atom stereocenters. The monoisotopic (exact) mass is 359 g/mol. The van der Waals surface area contributed by atoms with E-state index in [-0.39, 0.29) is 5.91 Å². The number of ether oxygens (including phenoxy) is 2. The van der Waals surface area contributed by atoms with E-state index in [1.54, 1.807) is 21.1 Å². The molecule has 0 spiro atoms. The lowest BCUT2D eigenvalue weighted by Crippen LogP contribution is -2.44. The van der Waals surface area contributed by atoms with Crippen LogP contribution in [0.3, 0.4) is 0 Å². The average molecular weight is 359 g/mol. The number of carbonyl (C=O) groups excluding carboxylic acids is 1. The van der Waals surface area contributed by atoms with Crippen LogP contribution in [0, 0.1) is 6.92 Å². The molecule has 1 fully saturated rings. The van der Waals surface area contributed by atoms with Crippen LogP contribution in [0.15, 0.2) is 22.7 Å². The number of hydrogen-bond acceptors (Lipinski definition) is 6. The van der Waals surface area contributed by atoms with Gasteiger partial charge in [0.05, 0.1) is 14.2 Å². The predicted molar refractivity (Wildman–Crippen MR) is 95.2 cm³/mol. The zero-order valence-electron chi connectivity index (χ0n) is 15.5. The molecular formula is C19H25N3O4. The van der Waals surface area contributed by atoms with Crippen molar-refractivity contribution in [1.82, 2.24) is 15.5 Å². The number of aryl methyl sites for hydroxylation is 2. The van der Waals surface area contributed by atoms with E-state index in [9.17, 15) is 4.79 Å². The summed E-state index contributed by atoms with van der Waals surface area (Å²) in [4.78, 5) is 17.0. The Labute approximate surface area is 153 Å². The van der Waals surface area contributed by atoms with Crippen LogP contribution in [-0.4, -0.2) is 30.3 Å². The van der Waals surface area contributed by atoms with Crippen LogP contribution in [0.25, 0.3) is 0 Å². The number of carbonyl (C=O) groups is 1. The molecule has 1 amide bonds. The first kappa shape index (κ1) is 18.2. The Morgan fingerprint density at radius 3 is 2.65 bits per heavy atom. The molecule has 1 aliphatic rings. The van der Waals surface area contributed by atoms with E-state index in [1.165, 1.54) is 0 Å². The maximum absolute atomic E-state index is 12.6. The molecule has 1 aromatic heterocycles. The molecule has 0 bridgehead atoms. The van der Waals surface area contributed by atoms with Crippen molar-refractivity contribution in [2.24, 2.45) is 0 Å². The quantitative estimate of drug-likeness (QED) is 0.818. The fourth-order valence-electron chi connectivity index (χ4n) is 3.53. The van der Waals surface area contributed by atoms with Gasteiger partial charge >= 0.3 is 0 Å². The van der Waals surface area contributed by atoms with Crippen molar-refractivity contribution in [2.45, 2.75) is 51.0 Å². The highest BCUT2D eigenvalue weighted by molar-refractivity contribution is 5.77. The molecule has 1 N–H and O–H groups in total. The number of nitrogens with one attached hydrogen (secondary N) is 1. The van der Waals surface area contributed by atoms with Crippen LogP contribution < -0.4 is 14.8 Å². The number of rotatable bonds is 7. The second-order valence-electron chi connectivity index (χ2n) is 6.65. The molecule has 3 rings (SSSR count). The summed E-state index contributed by atoms with van der Waals surface area (Å²) >= 11 is 0. The first-order valence-corrected chi connectivity index (χ1v) is 8.89. The van der Waals surface area contributed by atoms with Crippen molar-refractivity contribution in [1.29, 1.82) is 0 Å². The standard InChI is InChI=1S/C19H25N3O4/c1-13-20-18(22-26-13)19(10-4-5-11-19)21-17(23)9-6-14-12-15(24-2)7-8-16(14)25-3/h7-8,12H,4-6,9-11H2,1-3H3,(H,21,23). The van der Waals surface area contributed by atoms with E-state index < -0.39 is 5.54 Å². The molecule has 2 aromatic rings. The molecule has 1 heterocycles. The van der Waals surface area contributed by atoms with E-state index in [0.29, 0.717) is 24.6 Å². The van der Waals surface area contributed by atoms with Gasteiger partial charge in [0.2, 0.25) is 11.8 Å². The van der Waals surface area contributed by atoms with E-state index in [4.69, 9.17) is 14.0 Å². The van der Waals surface area contributed by atoms with Crippen LogP contribution in [-0.2, 0) is 16.8 Å². The fraction of sp³-hybridized carbons (Fsp3) is 0.526. The second-order valence-corrected chi connectivity index (χ2v) is 6.65. The molecule has 7 nitrogen and oxygen atoms in total. The van der Waals surface area contributed by atoms with Gasteiger partial charge in [0.15, 0.2) is 5.82 Å². The van der Waals surface area contributed by atoms with Crippen molar-refractivity contribution in [3.8, 4) is 11.5 Å². The van der Waals surface area contributed by atoms with Gasteiger partial charge in [0.25, 0.3) is 0 Å². The van der Waals surface area contributed by atoms with E-state index in [2.05, 4.69) is 15.5 Å². The molecule has 1 aliphatic carbocycles. The number of nitrogens with zero attached hydrogens (tertiary/aromatic N) is 2. The van der Waals surface area contributed by atoms with Gasteiger partial charge in [-0.2, -0.15) is 4.98 Å². The third-order valence-corrected chi connectivity index (χ3v) is 4.90. The van der Waals surface area contributed by atoms with Crippen molar-refractivity contribution in [2.75, 3.05) is 14.2 Å². The number of aromatic nitrogens is 2. The number of benzene rings is 1. The van der Waals surface area contributed by atoms with E-state index in [0.717, 1.165) is 42.7 Å². The van der Waals surface area contributed by atoms with Crippen LogP contribution in [0.5, 0.6) is 11.5 Å². The van der Waals surface area contributed by atoms with Crippen LogP contribution >= 0.6 is 0 Å². The fourth-order valence-corrected chi connectivity index (χ4v) is 3.53. The van der Waals surface area contributed by atoms with E-state index >= 15 is 0 Å². The summed E-state index contributed by atoms with van der Waals surface area (Å²) in [5.74, 6) is 2.57. The van der Waals surface area contributed by atoms with Crippen molar-refractivity contribution < 1.29 is 18.8 Å². The average Bonchev–Trinajstić information content (AvgIpc) is 3.29. The van der Waals surface area contributed by atoms with Crippen LogP contribution in [0.1, 0.15) is 49.4 Å². The van der Waals surface area contributed by atoms with Gasteiger partial charge < -0.3 is 19.3 Å². The Balaban J connectivity index is 1.68. The Morgan fingerprint density at radius 1 is 1.27 bits per heavy atom. The predicted octanol–water partition coefficient (Wildman–Crippen LogP) is 2.91. The minimum atomic E-state index is -0.507. The summed E-state index contributed by atoms with van der Waals surface area (Å²) in [5, 5.41) is 7.22. The highest BCUT2D eigenvalue weighted by Crippen LogP contribution is 2.37. The number of hydrogen-bond donors (Lipinski definition) is 1. The molecule has 0 saturated heterocycles. The van der Waals surface area contributed by atoms with Gasteiger partial charge in [0, 0.05) is 13.3 Å². The van der Waals surface area contributed by atoms with Crippen molar-refractivity contribution in [3.63, 3.8) is 0 Å². The SMILES string of the molecule is COc1ccc(OC)c(CCC(=O)NC2(c3noc(C)n3)CCCC2)c1. The molecule has 7 heteroatoms. The summed E-state index contributed by atoms with van der Waals surface area (Å²) < 4.78 is 15.8. The first-order chi connectivity index (χ1) is 12.6. The Morgan fingerprint density at radius 2 is 2.04 bits per heavy atom. The number of methoxy groups -OCH3 is 2. The molecule has 0 atom stereocenters. The Bertz CT molecular complexity index is 766. The molecular weight excluding hydrogens is 334 g/mol. The van der Waals surface area contributed by atoms with Crippen LogP contribution in [0.2, 0.25) is 0 Å². The molecule has 1 saturated carbocycles. The topological polar surface area (TPSA) is 86.5 Å². The minimum absolute atomic E-state index is 0.0285. The largest absolute Gasteiger partial charge is 0.497 e. The smallest absolute Gasteiger partial charge is 0.223 e.